The molecule has 0 amide bonds. The van der Waals surface area contributed by atoms with E-state index in [-0.39, 0.29) is 5.56 Å². The van der Waals surface area contributed by atoms with Gasteiger partial charge in [0.15, 0.2) is 0 Å². The van der Waals surface area contributed by atoms with Crippen LogP contribution < -0.4 is 0 Å². The van der Waals surface area contributed by atoms with Gasteiger partial charge < -0.3 is 14.2 Å². The number of esters is 3. The first-order valence-corrected chi connectivity index (χ1v) is 8.89. The molecule has 0 fully saturated rings. The standard InChI is InChI=1S/C24H20O6/c1-17-5-9-19(10-6-17)23(27)30-24(15-13-21(25)28-3,16-14-22(26)29-4)20-11-7-18(2)8-12-20/h5-12H,1-4H3. The topological polar surface area (TPSA) is 78.9 Å². The van der Waals surface area contributed by atoms with Crippen molar-refractivity contribution in [2.24, 2.45) is 0 Å². The summed E-state index contributed by atoms with van der Waals surface area (Å²) in [5.41, 5.74) is 0.628. The second-order valence-electron chi connectivity index (χ2n) is 6.29. The van der Waals surface area contributed by atoms with Gasteiger partial charge in [0, 0.05) is 17.4 Å². The minimum Gasteiger partial charge on any atom is -0.459 e. The molecule has 0 unspecified atom stereocenters. The molecule has 30 heavy (non-hydrogen) atoms. The molecule has 0 saturated carbocycles. The van der Waals surface area contributed by atoms with Crippen molar-refractivity contribution in [3.63, 3.8) is 0 Å². The van der Waals surface area contributed by atoms with Crippen molar-refractivity contribution in [2.75, 3.05) is 14.2 Å². The number of carbonyl (C=O) groups is 3. The van der Waals surface area contributed by atoms with Crippen LogP contribution in [-0.4, -0.2) is 32.1 Å². The van der Waals surface area contributed by atoms with Crippen LogP contribution in [0.3, 0.4) is 0 Å². The zero-order valence-corrected chi connectivity index (χ0v) is 17.1. The molecule has 152 valence electrons. The zero-order valence-electron chi connectivity index (χ0n) is 17.1. The number of hydrogen-bond donors (Lipinski definition) is 0. The van der Waals surface area contributed by atoms with Crippen LogP contribution in [0.5, 0.6) is 0 Å². The first-order chi connectivity index (χ1) is 14.3. The highest BCUT2D eigenvalue weighted by molar-refractivity contribution is 5.92. The van der Waals surface area contributed by atoms with Crippen LogP contribution in [0, 0.1) is 37.5 Å². The molecule has 6 nitrogen and oxygen atoms in total. The van der Waals surface area contributed by atoms with E-state index >= 15 is 0 Å². The lowest BCUT2D eigenvalue weighted by atomic mass is 9.93. The smallest absolute Gasteiger partial charge is 0.384 e. The number of benzene rings is 2. The molecule has 0 aliphatic heterocycles. The molecular weight excluding hydrogens is 384 g/mol. The molecule has 0 spiro atoms. The van der Waals surface area contributed by atoms with Gasteiger partial charge in [0.05, 0.1) is 19.8 Å². The molecule has 0 radical (unpaired) electrons. The van der Waals surface area contributed by atoms with Crippen molar-refractivity contribution in [1.82, 2.24) is 0 Å². The Morgan fingerprint density at radius 3 is 1.60 bits per heavy atom. The Morgan fingerprint density at radius 2 is 1.17 bits per heavy atom. The molecule has 2 rings (SSSR count). The van der Waals surface area contributed by atoms with Crippen LogP contribution in [0.1, 0.15) is 27.0 Å². The number of methoxy groups -OCH3 is 2. The van der Waals surface area contributed by atoms with Gasteiger partial charge in [0.2, 0.25) is 0 Å². The molecule has 0 heterocycles. The second-order valence-corrected chi connectivity index (χ2v) is 6.29. The predicted octanol–water partition coefficient (Wildman–Crippen LogP) is 2.71. The molecular formula is C24H20O6. The summed E-state index contributed by atoms with van der Waals surface area (Å²) >= 11 is 0. The maximum atomic E-state index is 12.9. The quantitative estimate of drug-likeness (QED) is 0.339. The monoisotopic (exact) mass is 404 g/mol. The molecule has 0 aliphatic rings. The van der Waals surface area contributed by atoms with E-state index in [2.05, 4.69) is 33.2 Å². The maximum Gasteiger partial charge on any atom is 0.384 e. The normalized spacial score (nSPS) is 9.87. The van der Waals surface area contributed by atoms with Gasteiger partial charge in [0.25, 0.3) is 5.60 Å². The van der Waals surface area contributed by atoms with E-state index < -0.39 is 23.5 Å². The fourth-order valence-corrected chi connectivity index (χ4v) is 2.34. The summed E-state index contributed by atoms with van der Waals surface area (Å²) in [6.07, 6.45) is 0. The van der Waals surface area contributed by atoms with Crippen LogP contribution in [0.25, 0.3) is 0 Å². The van der Waals surface area contributed by atoms with E-state index in [0.29, 0.717) is 5.56 Å². The number of hydrogen-bond acceptors (Lipinski definition) is 6. The zero-order chi connectivity index (χ0) is 22.1. The minimum atomic E-state index is -1.90. The van der Waals surface area contributed by atoms with Gasteiger partial charge in [0.1, 0.15) is 0 Å². The minimum absolute atomic E-state index is 0.261. The third-order valence-corrected chi connectivity index (χ3v) is 4.04. The summed E-state index contributed by atoms with van der Waals surface area (Å²) in [6, 6.07) is 13.5. The Kier molecular flexibility index (Phi) is 7.38. The molecule has 0 saturated heterocycles. The van der Waals surface area contributed by atoms with Gasteiger partial charge in [-0.25, -0.2) is 14.4 Å². The van der Waals surface area contributed by atoms with Crippen LogP contribution in [0.2, 0.25) is 0 Å². The Balaban J connectivity index is 2.64. The highest BCUT2D eigenvalue weighted by atomic mass is 16.6. The average Bonchev–Trinajstić information content (AvgIpc) is 2.76. The molecule has 6 heteroatoms. The first-order valence-electron chi connectivity index (χ1n) is 8.89. The van der Waals surface area contributed by atoms with Crippen molar-refractivity contribution in [3.05, 3.63) is 70.8 Å². The Morgan fingerprint density at radius 1 is 0.733 bits per heavy atom. The summed E-state index contributed by atoms with van der Waals surface area (Å²) in [6.45, 7) is 3.76. The molecule has 0 bridgehead atoms. The van der Waals surface area contributed by atoms with Gasteiger partial charge in [-0.1, -0.05) is 47.5 Å². The number of ether oxygens (including phenoxy) is 3. The van der Waals surface area contributed by atoms with E-state index in [9.17, 15) is 14.4 Å². The summed E-state index contributed by atoms with van der Waals surface area (Å²) in [5.74, 6) is 7.20. The van der Waals surface area contributed by atoms with E-state index in [1.165, 1.54) is 14.2 Å². The SMILES string of the molecule is COC(=O)C#CC(C#CC(=O)OC)(OC(=O)c1ccc(C)cc1)c1ccc(C)cc1. The fourth-order valence-electron chi connectivity index (χ4n) is 2.34. The van der Waals surface area contributed by atoms with Crippen molar-refractivity contribution >= 4 is 17.9 Å². The lowest BCUT2D eigenvalue weighted by Gasteiger charge is -2.24. The molecule has 2 aromatic carbocycles. The first kappa shape index (κ1) is 22.3. The maximum absolute atomic E-state index is 12.9. The van der Waals surface area contributed by atoms with E-state index in [0.717, 1.165) is 11.1 Å². The number of aryl methyl sites for hydroxylation is 2. The summed E-state index contributed by atoms with van der Waals surface area (Å²) in [4.78, 5) is 36.2. The lowest BCUT2D eigenvalue weighted by Crippen LogP contribution is -2.30. The highest BCUT2D eigenvalue weighted by Crippen LogP contribution is 2.27. The van der Waals surface area contributed by atoms with Gasteiger partial charge in [-0.3, -0.25) is 0 Å². The van der Waals surface area contributed by atoms with Gasteiger partial charge in [-0.05, 0) is 37.8 Å². The predicted molar refractivity (Wildman–Crippen MR) is 109 cm³/mol. The average molecular weight is 404 g/mol. The highest BCUT2D eigenvalue weighted by Gasteiger charge is 2.34. The summed E-state index contributed by atoms with van der Waals surface area (Å²) < 4.78 is 14.8. The summed E-state index contributed by atoms with van der Waals surface area (Å²) in [5, 5.41) is 0. The van der Waals surface area contributed by atoms with Gasteiger partial charge in [-0.2, -0.15) is 0 Å². The second kappa shape index (κ2) is 9.95. The number of rotatable bonds is 3. The molecule has 0 aromatic heterocycles. The Hall–Kier alpha value is -4.03. The third-order valence-electron chi connectivity index (χ3n) is 4.04. The molecule has 0 N–H and O–H groups in total. The third kappa shape index (κ3) is 5.73. The fraction of sp³-hybridized carbons (Fsp3) is 0.208. The Bertz CT molecular complexity index is 1020. The van der Waals surface area contributed by atoms with Crippen LogP contribution >= 0.6 is 0 Å². The van der Waals surface area contributed by atoms with Crippen molar-refractivity contribution in [3.8, 4) is 23.7 Å². The van der Waals surface area contributed by atoms with Gasteiger partial charge in [-0.15, -0.1) is 0 Å². The van der Waals surface area contributed by atoms with E-state index in [4.69, 9.17) is 4.74 Å². The van der Waals surface area contributed by atoms with Crippen LogP contribution in [-0.2, 0) is 29.4 Å². The van der Waals surface area contributed by atoms with Crippen molar-refractivity contribution in [1.29, 1.82) is 0 Å². The van der Waals surface area contributed by atoms with Gasteiger partial charge >= 0.3 is 17.9 Å². The van der Waals surface area contributed by atoms with E-state index in [1.807, 2.05) is 13.8 Å². The van der Waals surface area contributed by atoms with Crippen molar-refractivity contribution < 1.29 is 28.6 Å². The largest absolute Gasteiger partial charge is 0.459 e. The molecule has 0 atom stereocenters. The van der Waals surface area contributed by atoms with Crippen molar-refractivity contribution in [2.45, 2.75) is 19.4 Å². The molecule has 2 aromatic rings. The van der Waals surface area contributed by atoms with E-state index in [1.54, 1.807) is 48.5 Å². The summed E-state index contributed by atoms with van der Waals surface area (Å²) in [7, 11) is 2.34. The van der Waals surface area contributed by atoms with Crippen LogP contribution in [0.15, 0.2) is 48.5 Å². The van der Waals surface area contributed by atoms with Crippen LogP contribution in [0.4, 0.5) is 0 Å². The Labute approximate surface area is 175 Å². The molecule has 0 aliphatic carbocycles. The number of carbonyl (C=O) groups excluding carboxylic acids is 3. The lowest BCUT2D eigenvalue weighted by molar-refractivity contribution is -0.134.